The molecule has 0 aliphatic carbocycles. The maximum absolute atomic E-state index is 4.44. The molecule has 0 aromatic carbocycles. The van der Waals surface area contributed by atoms with Crippen molar-refractivity contribution in [3.05, 3.63) is 47.8 Å². The lowest BCUT2D eigenvalue weighted by molar-refractivity contribution is 0.538. The molecule has 0 saturated heterocycles. The van der Waals surface area contributed by atoms with Gasteiger partial charge in [-0.15, -0.1) is 0 Å². The highest BCUT2D eigenvalue weighted by molar-refractivity contribution is 5.55. The van der Waals surface area contributed by atoms with Gasteiger partial charge in [-0.25, -0.2) is 0 Å². The molecule has 0 radical (unpaired) electrons. The molecule has 0 amide bonds. The highest BCUT2D eigenvalue weighted by Gasteiger charge is 2.03. The lowest BCUT2D eigenvalue weighted by Gasteiger charge is -2.06. The Morgan fingerprint density at radius 1 is 0.950 bits per heavy atom. The van der Waals surface area contributed by atoms with E-state index >= 15 is 0 Å². The van der Waals surface area contributed by atoms with E-state index in [1.807, 2.05) is 18.5 Å². The SMILES string of the molecule is Cc1ccnc(-c2cc(CCCCC(C)C)ccn2)c1. The van der Waals surface area contributed by atoms with Crippen LogP contribution in [0.1, 0.15) is 44.2 Å². The number of hydrogen-bond donors (Lipinski definition) is 0. The quantitative estimate of drug-likeness (QED) is 0.702. The molecular weight excluding hydrogens is 244 g/mol. The summed E-state index contributed by atoms with van der Waals surface area (Å²) >= 11 is 0. The Bertz CT molecular complexity index is 547. The van der Waals surface area contributed by atoms with Crippen molar-refractivity contribution in [3.63, 3.8) is 0 Å². The zero-order valence-electron chi connectivity index (χ0n) is 12.8. The van der Waals surface area contributed by atoms with Gasteiger partial charge in [0.2, 0.25) is 0 Å². The number of rotatable bonds is 6. The van der Waals surface area contributed by atoms with Crippen LogP contribution in [0.3, 0.4) is 0 Å². The molecule has 0 fully saturated rings. The molecule has 0 spiro atoms. The van der Waals surface area contributed by atoms with E-state index in [-0.39, 0.29) is 0 Å². The van der Waals surface area contributed by atoms with Gasteiger partial charge in [-0.3, -0.25) is 9.97 Å². The van der Waals surface area contributed by atoms with Crippen LogP contribution in [0, 0.1) is 12.8 Å². The van der Waals surface area contributed by atoms with E-state index in [9.17, 15) is 0 Å². The number of nitrogens with zero attached hydrogens (tertiary/aromatic N) is 2. The minimum Gasteiger partial charge on any atom is -0.255 e. The van der Waals surface area contributed by atoms with Gasteiger partial charge in [0.25, 0.3) is 0 Å². The summed E-state index contributed by atoms with van der Waals surface area (Å²) in [5.41, 5.74) is 4.53. The summed E-state index contributed by atoms with van der Waals surface area (Å²) in [5, 5.41) is 0. The first-order valence-corrected chi connectivity index (χ1v) is 7.53. The van der Waals surface area contributed by atoms with E-state index in [1.165, 1.54) is 30.4 Å². The summed E-state index contributed by atoms with van der Waals surface area (Å²) in [6, 6.07) is 8.40. The molecule has 106 valence electrons. The van der Waals surface area contributed by atoms with Crippen LogP contribution in [0.25, 0.3) is 11.4 Å². The summed E-state index contributed by atoms with van der Waals surface area (Å²) < 4.78 is 0. The normalized spacial score (nSPS) is 11.0. The van der Waals surface area contributed by atoms with E-state index < -0.39 is 0 Å². The van der Waals surface area contributed by atoms with Gasteiger partial charge in [-0.1, -0.05) is 26.7 Å². The third kappa shape index (κ3) is 4.44. The summed E-state index contributed by atoms with van der Waals surface area (Å²) in [6.45, 7) is 6.66. The molecule has 0 aliphatic rings. The van der Waals surface area contributed by atoms with Crippen molar-refractivity contribution in [2.24, 2.45) is 5.92 Å². The second-order valence-electron chi connectivity index (χ2n) is 5.91. The Morgan fingerprint density at radius 2 is 1.65 bits per heavy atom. The summed E-state index contributed by atoms with van der Waals surface area (Å²) in [7, 11) is 0. The van der Waals surface area contributed by atoms with Gasteiger partial charge in [0.1, 0.15) is 0 Å². The van der Waals surface area contributed by atoms with Crippen LogP contribution >= 0.6 is 0 Å². The average Bonchev–Trinajstić information content (AvgIpc) is 2.44. The van der Waals surface area contributed by atoms with Crippen LogP contribution in [0.5, 0.6) is 0 Å². The van der Waals surface area contributed by atoms with E-state index in [4.69, 9.17) is 0 Å². The third-order valence-electron chi connectivity index (χ3n) is 3.50. The first kappa shape index (κ1) is 14.7. The first-order chi connectivity index (χ1) is 9.65. The molecule has 0 N–H and O–H groups in total. The fourth-order valence-electron chi connectivity index (χ4n) is 2.33. The van der Waals surface area contributed by atoms with E-state index in [0.717, 1.165) is 23.7 Å². The molecule has 0 bridgehead atoms. The largest absolute Gasteiger partial charge is 0.255 e. The van der Waals surface area contributed by atoms with Crippen molar-refractivity contribution < 1.29 is 0 Å². The Kier molecular flexibility index (Phi) is 5.28. The van der Waals surface area contributed by atoms with Crippen LogP contribution in [0.15, 0.2) is 36.7 Å². The van der Waals surface area contributed by atoms with Gasteiger partial charge in [0, 0.05) is 12.4 Å². The minimum absolute atomic E-state index is 0.805. The molecule has 0 unspecified atom stereocenters. The monoisotopic (exact) mass is 268 g/mol. The van der Waals surface area contributed by atoms with Crippen LogP contribution in [-0.2, 0) is 6.42 Å². The lowest BCUT2D eigenvalue weighted by Crippen LogP contribution is -1.93. The van der Waals surface area contributed by atoms with Crippen LogP contribution in [0.4, 0.5) is 0 Å². The van der Waals surface area contributed by atoms with E-state index in [2.05, 4.69) is 48.9 Å². The van der Waals surface area contributed by atoms with Crippen LogP contribution in [-0.4, -0.2) is 9.97 Å². The smallest absolute Gasteiger partial charge is 0.0888 e. The van der Waals surface area contributed by atoms with E-state index in [1.54, 1.807) is 0 Å². The number of aromatic nitrogens is 2. The molecule has 2 aromatic heterocycles. The van der Waals surface area contributed by atoms with Crippen molar-refractivity contribution in [2.75, 3.05) is 0 Å². The molecule has 2 rings (SSSR count). The zero-order chi connectivity index (χ0) is 14.4. The Morgan fingerprint density at radius 3 is 2.35 bits per heavy atom. The third-order valence-corrected chi connectivity index (χ3v) is 3.50. The topological polar surface area (TPSA) is 25.8 Å². The van der Waals surface area contributed by atoms with Gasteiger partial charge < -0.3 is 0 Å². The Balaban J connectivity index is 2.01. The maximum Gasteiger partial charge on any atom is 0.0888 e. The second kappa shape index (κ2) is 7.18. The van der Waals surface area contributed by atoms with Crippen molar-refractivity contribution in [3.8, 4) is 11.4 Å². The fraction of sp³-hybridized carbons (Fsp3) is 0.444. The number of unbranched alkanes of at least 4 members (excludes halogenated alkanes) is 1. The lowest BCUT2D eigenvalue weighted by atomic mass is 10.0. The summed E-state index contributed by atoms with van der Waals surface area (Å²) in [5.74, 6) is 0.805. The minimum atomic E-state index is 0.805. The molecule has 2 aromatic rings. The van der Waals surface area contributed by atoms with Gasteiger partial charge in [-0.2, -0.15) is 0 Å². The first-order valence-electron chi connectivity index (χ1n) is 7.53. The van der Waals surface area contributed by atoms with E-state index in [0.29, 0.717) is 0 Å². The number of hydrogen-bond acceptors (Lipinski definition) is 2. The molecule has 2 heteroatoms. The molecule has 20 heavy (non-hydrogen) atoms. The second-order valence-corrected chi connectivity index (χ2v) is 5.91. The highest BCUT2D eigenvalue weighted by Crippen LogP contribution is 2.18. The average molecular weight is 268 g/mol. The summed E-state index contributed by atoms with van der Waals surface area (Å²) in [6.07, 6.45) is 8.76. The molecule has 0 saturated carbocycles. The van der Waals surface area contributed by atoms with Crippen molar-refractivity contribution in [2.45, 2.75) is 46.5 Å². The standard InChI is InChI=1S/C18H24N2/c1-14(2)6-4-5-7-16-9-11-20-18(13-16)17-12-15(3)8-10-19-17/h8-14H,4-7H2,1-3H3. The molecule has 2 heterocycles. The molecule has 0 atom stereocenters. The van der Waals surface area contributed by atoms with Crippen LogP contribution in [0.2, 0.25) is 0 Å². The fourth-order valence-corrected chi connectivity index (χ4v) is 2.33. The molecular formula is C18H24N2. The number of pyridine rings is 2. The van der Waals surface area contributed by atoms with Crippen molar-refractivity contribution in [1.82, 2.24) is 9.97 Å². The van der Waals surface area contributed by atoms with Gasteiger partial charge in [0.05, 0.1) is 11.4 Å². The number of aryl methyl sites for hydroxylation is 2. The van der Waals surface area contributed by atoms with Crippen LogP contribution < -0.4 is 0 Å². The zero-order valence-corrected chi connectivity index (χ0v) is 12.8. The van der Waals surface area contributed by atoms with Gasteiger partial charge >= 0.3 is 0 Å². The molecule has 0 aliphatic heterocycles. The summed E-state index contributed by atoms with van der Waals surface area (Å²) in [4.78, 5) is 8.85. The molecule has 2 nitrogen and oxygen atoms in total. The van der Waals surface area contributed by atoms with Crippen molar-refractivity contribution in [1.29, 1.82) is 0 Å². The maximum atomic E-state index is 4.44. The predicted octanol–water partition coefficient (Wildman–Crippen LogP) is 4.82. The Hall–Kier alpha value is -1.70. The van der Waals surface area contributed by atoms with Gasteiger partial charge in [0.15, 0.2) is 0 Å². The predicted molar refractivity (Wildman–Crippen MR) is 84.6 cm³/mol. The highest BCUT2D eigenvalue weighted by atomic mass is 14.8. The Labute approximate surface area is 122 Å². The van der Waals surface area contributed by atoms with Gasteiger partial charge in [-0.05, 0) is 61.1 Å². The van der Waals surface area contributed by atoms with Crippen molar-refractivity contribution >= 4 is 0 Å².